The number of nitrogens with zero attached hydrogens (tertiary/aromatic N) is 1. The maximum absolute atomic E-state index is 12.9. The molecule has 1 aromatic heterocycles. The van der Waals surface area contributed by atoms with E-state index in [1.165, 1.54) is 0 Å². The number of halogens is 1. The van der Waals surface area contributed by atoms with Crippen molar-refractivity contribution in [1.82, 2.24) is 4.57 Å². The molecule has 1 amide bonds. The molecular weight excluding hydrogens is 456 g/mol. The number of nitrogens with one attached hydrogen (secondary N) is 1. The van der Waals surface area contributed by atoms with Crippen LogP contribution in [0, 0.1) is 0 Å². The predicted octanol–water partition coefficient (Wildman–Crippen LogP) is 6.22. The maximum Gasteiger partial charge on any atom is 0.411 e. The van der Waals surface area contributed by atoms with Gasteiger partial charge in [-0.15, -0.1) is 0 Å². The molecule has 34 heavy (non-hydrogen) atoms. The summed E-state index contributed by atoms with van der Waals surface area (Å²) >= 11 is 6.54. The Balaban J connectivity index is 1.92. The molecule has 186 valence electrons. The molecule has 0 bridgehead atoms. The lowest BCUT2D eigenvalue weighted by molar-refractivity contribution is 0.160. The molecule has 8 heteroatoms. The van der Waals surface area contributed by atoms with Gasteiger partial charge in [-0.2, -0.15) is 0 Å². The van der Waals surface area contributed by atoms with E-state index in [1.807, 2.05) is 19.1 Å². The highest BCUT2D eigenvalue weighted by atomic mass is 35.5. The van der Waals surface area contributed by atoms with Gasteiger partial charge in [0.15, 0.2) is 0 Å². The Morgan fingerprint density at radius 2 is 1.91 bits per heavy atom. The van der Waals surface area contributed by atoms with E-state index in [0.29, 0.717) is 30.6 Å². The van der Waals surface area contributed by atoms with Crippen LogP contribution >= 0.6 is 11.6 Å². The number of hydrogen-bond acceptors (Lipinski definition) is 5. The number of aromatic nitrogens is 1. The molecule has 0 saturated heterocycles. The van der Waals surface area contributed by atoms with Crippen LogP contribution in [0.2, 0.25) is 5.02 Å². The van der Waals surface area contributed by atoms with Gasteiger partial charge >= 0.3 is 6.09 Å². The van der Waals surface area contributed by atoms with Crippen molar-refractivity contribution < 1.29 is 19.0 Å². The summed E-state index contributed by atoms with van der Waals surface area (Å²) in [6.07, 6.45) is 7.50. The van der Waals surface area contributed by atoms with E-state index in [0.717, 1.165) is 61.8 Å². The van der Waals surface area contributed by atoms with E-state index in [4.69, 9.17) is 25.8 Å². The van der Waals surface area contributed by atoms with Crippen LogP contribution in [0.3, 0.4) is 0 Å². The summed E-state index contributed by atoms with van der Waals surface area (Å²) in [6, 6.07) is 5.60. The minimum Gasteiger partial charge on any atom is -0.492 e. The van der Waals surface area contributed by atoms with Crippen molar-refractivity contribution in [3.05, 3.63) is 45.2 Å². The highest BCUT2D eigenvalue weighted by Crippen LogP contribution is 2.41. The molecule has 7 nitrogen and oxygen atoms in total. The maximum atomic E-state index is 12.9. The zero-order valence-corrected chi connectivity index (χ0v) is 21.1. The summed E-state index contributed by atoms with van der Waals surface area (Å²) in [7, 11) is 1.66. The Morgan fingerprint density at radius 3 is 2.65 bits per heavy atom. The minimum atomic E-state index is -0.606. The molecule has 1 aliphatic rings. The van der Waals surface area contributed by atoms with Crippen molar-refractivity contribution in [2.24, 2.45) is 0 Å². The van der Waals surface area contributed by atoms with Crippen molar-refractivity contribution in [2.75, 3.05) is 32.2 Å². The van der Waals surface area contributed by atoms with Crippen LogP contribution in [0.1, 0.15) is 64.0 Å². The van der Waals surface area contributed by atoms with Crippen molar-refractivity contribution >= 4 is 23.4 Å². The Kier molecular flexibility index (Phi) is 9.84. The number of anilines is 1. The fraction of sp³-hybridized carbons (Fsp3) is 0.538. The SMILES string of the molecule is CCCCOC(=O)Nc1cn2c(cc1=O)-c1cc(Cl)c(OCCCOC)cc1CC2CCCC. The topological polar surface area (TPSA) is 78.8 Å². The molecule has 1 aliphatic heterocycles. The first kappa shape index (κ1) is 26.1. The molecule has 0 radical (unpaired) electrons. The third-order valence-electron chi connectivity index (χ3n) is 5.97. The van der Waals surface area contributed by atoms with Gasteiger partial charge in [0.25, 0.3) is 0 Å². The van der Waals surface area contributed by atoms with Crippen molar-refractivity contribution in [3.8, 4) is 17.0 Å². The highest BCUT2D eigenvalue weighted by Gasteiger charge is 2.26. The normalized spacial score (nSPS) is 14.3. The Bertz CT molecular complexity index is 1040. The smallest absolute Gasteiger partial charge is 0.411 e. The Morgan fingerprint density at radius 1 is 1.12 bits per heavy atom. The quantitative estimate of drug-likeness (QED) is 0.357. The monoisotopic (exact) mass is 490 g/mol. The van der Waals surface area contributed by atoms with E-state index in [9.17, 15) is 9.59 Å². The van der Waals surface area contributed by atoms with Gasteiger partial charge in [0.05, 0.1) is 23.9 Å². The molecule has 0 spiro atoms. The number of carbonyl (C=O) groups is 1. The van der Waals surface area contributed by atoms with E-state index < -0.39 is 6.09 Å². The average molecular weight is 491 g/mol. The number of carbonyl (C=O) groups excluding carboxylic acids is 1. The summed E-state index contributed by atoms with van der Waals surface area (Å²) in [5, 5.41) is 3.13. The first-order valence-electron chi connectivity index (χ1n) is 12.1. The first-order chi connectivity index (χ1) is 16.5. The van der Waals surface area contributed by atoms with Gasteiger partial charge < -0.3 is 18.8 Å². The molecule has 0 fully saturated rings. The lowest BCUT2D eigenvalue weighted by Gasteiger charge is -2.31. The first-order valence-corrected chi connectivity index (χ1v) is 12.5. The minimum absolute atomic E-state index is 0.155. The van der Waals surface area contributed by atoms with Crippen LogP contribution in [-0.2, 0) is 15.9 Å². The molecule has 0 saturated carbocycles. The van der Waals surface area contributed by atoms with Gasteiger partial charge in [-0.3, -0.25) is 10.1 Å². The van der Waals surface area contributed by atoms with Gasteiger partial charge in [0.1, 0.15) is 11.4 Å². The van der Waals surface area contributed by atoms with Crippen LogP contribution < -0.4 is 15.5 Å². The molecular formula is C26H35ClN2O5. The van der Waals surface area contributed by atoms with Crippen LogP contribution in [-0.4, -0.2) is 37.6 Å². The molecule has 1 unspecified atom stereocenters. The molecule has 2 heterocycles. The highest BCUT2D eigenvalue weighted by molar-refractivity contribution is 6.32. The second-order valence-corrected chi connectivity index (χ2v) is 9.00. The molecule has 3 rings (SSSR count). The molecule has 1 N–H and O–H groups in total. The second-order valence-electron chi connectivity index (χ2n) is 8.59. The van der Waals surface area contributed by atoms with Crippen molar-refractivity contribution in [2.45, 2.75) is 64.8 Å². The summed E-state index contributed by atoms with van der Waals surface area (Å²) < 4.78 is 18.2. The number of methoxy groups -OCH3 is 1. The average Bonchev–Trinajstić information content (AvgIpc) is 2.82. The largest absolute Gasteiger partial charge is 0.492 e. The molecule has 0 aliphatic carbocycles. The van der Waals surface area contributed by atoms with Gasteiger partial charge in [-0.1, -0.05) is 44.7 Å². The van der Waals surface area contributed by atoms with Crippen molar-refractivity contribution in [3.63, 3.8) is 0 Å². The fourth-order valence-corrected chi connectivity index (χ4v) is 4.37. The zero-order valence-electron chi connectivity index (χ0n) is 20.3. The predicted molar refractivity (Wildman–Crippen MR) is 135 cm³/mol. The van der Waals surface area contributed by atoms with E-state index in [2.05, 4.69) is 16.8 Å². The molecule has 2 aromatic rings. The van der Waals surface area contributed by atoms with E-state index >= 15 is 0 Å². The number of fused-ring (bicyclic) bond motifs is 3. The summed E-state index contributed by atoms with van der Waals surface area (Å²) in [5.74, 6) is 0.648. The zero-order chi connectivity index (χ0) is 24.5. The Labute approximate surface area is 206 Å². The third kappa shape index (κ3) is 6.54. The fourth-order valence-electron chi connectivity index (χ4n) is 4.15. The summed E-state index contributed by atoms with van der Waals surface area (Å²) in [5.41, 5.74) is 2.77. The number of ether oxygens (including phenoxy) is 3. The van der Waals surface area contributed by atoms with E-state index in [-0.39, 0.29) is 17.2 Å². The standard InChI is InChI=1S/C26H35ClN2O5/c1-4-6-9-19-13-18-14-25(33-12-8-10-32-3)21(27)15-20(18)23-16-24(30)22(17-29(19)23)28-26(31)34-11-7-5-2/h14-17,19H,4-13H2,1-3H3,(H,28,31). The van der Waals surface area contributed by atoms with Crippen LogP contribution in [0.5, 0.6) is 5.75 Å². The van der Waals surface area contributed by atoms with Gasteiger partial charge in [-0.05, 0) is 37.0 Å². The lowest BCUT2D eigenvalue weighted by atomic mass is 9.90. The number of amides is 1. The molecule has 1 atom stereocenters. The lowest BCUT2D eigenvalue weighted by Crippen LogP contribution is -2.26. The van der Waals surface area contributed by atoms with Gasteiger partial charge in [0.2, 0.25) is 5.43 Å². The Hall–Kier alpha value is -2.51. The van der Waals surface area contributed by atoms with Crippen molar-refractivity contribution in [1.29, 1.82) is 0 Å². The van der Waals surface area contributed by atoms with Crippen LogP contribution in [0.15, 0.2) is 29.2 Å². The van der Waals surface area contributed by atoms with Crippen LogP contribution in [0.4, 0.5) is 10.5 Å². The number of pyridine rings is 1. The van der Waals surface area contributed by atoms with Gasteiger partial charge in [-0.25, -0.2) is 4.79 Å². The van der Waals surface area contributed by atoms with E-state index in [1.54, 1.807) is 19.4 Å². The van der Waals surface area contributed by atoms with Crippen LogP contribution in [0.25, 0.3) is 11.3 Å². The summed E-state index contributed by atoms with van der Waals surface area (Å²) in [6.45, 7) is 5.66. The molecule has 1 aromatic carbocycles. The third-order valence-corrected chi connectivity index (χ3v) is 6.27. The van der Waals surface area contributed by atoms with Gasteiger partial charge in [0, 0.05) is 44.0 Å². The second kappa shape index (κ2) is 12.8. The number of hydrogen-bond donors (Lipinski definition) is 1. The number of rotatable bonds is 12. The summed E-state index contributed by atoms with van der Waals surface area (Å²) in [4.78, 5) is 25.0. The number of unbranched alkanes of at least 4 members (excludes halogenated alkanes) is 2. The number of benzene rings is 1.